The zero-order valence-corrected chi connectivity index (χ0v) is 11.8. The smallest absolute Gasteiger partial charge is 0.128 e. The highest BCUT2D eigenvalue weighted by Gasteiger charge is 2.27. The minimum absolute atomic E-state index is 0.308. The maximum Gasteiger partial charge on any atom is 0.128 e. The molecule has 2 atom stereocenters. The number of aliphatic hydroxyl groups excluding tert-OH is 1. The van der Waals surface area contributed by atoms with Crippen LogP contribution in [0.3, 0.4) is 0 Å². The molecule has 1 aromatic carbocycles. The maximum absolute atomic E-state index is 13.6. The van der Waals surface area contributed by atoms with E-state index in [2.05, 4.69) is 18.7 Å². The molecule has 0 amide bonds. The lowest BCUT2D eigenvalue weighted by Gasteiger charge is -2.28. The van der Waals surface area contributed by atoms with Crippen molar-refractivity contribution in [3.05, 3.63) is 35.6 Å². The third-order valence-corrected chi connectivity index (χ3v) is 4.14. The van der Waals surface area contributed by atoms with Gasteiger partial charge < -0.3 is 10.0 Å². The van der Waals surface area contributed by atoms with Crippen LogP contribution in [0.25, 0.3) is 0 Å². The molecule has 0 aliphatic carbocycles. The van der Waals surface area contributed by atoms with Crippen LogP contribution in [0.5, 0.6) is 0 Å². The second-order valence-corrected chi connectivity index (χ2v) is 5.82. The highest BCUT2D eigenvalue weighted by atomic mass is 19.1. The number of hydrogen-bond donors (Lipinski definition) is 1. The van der Waals surface area contributed by atoms with Crippen molar-refractivity contribution >= 4 is 0 Å². The minimum Gasteiger partial charge on any atom is -0.388 e. The second kappa shape index (κ2) is 6.49. The fourth-order valence-electron chi connectivity index (χ4n) is 3.07. The van der Waals surface area contributed by atoms with Gasteiger partial charge >= 0.3 is 0 Å². The lowest BCUT2D eigenvalue weighted by molar-refractivity contribution is 0.125. The Morgan fingerprint density at radius 2 is 2.11 bits per heavy atom. The third kappa shape index (κ3) is 3.54. The fourth-order valence-corrected chi connectivity index (χ4v) is 3.07. The first-order valence-corrected chi connectivity index (χ1v) is 7.26. The van der Waals surface area contributed by atoms with Gasteiger partial charge in [0.05, 0.1) is 6.10 Å². The highest BCUT2D eigenvalue weighted by molar-refractivity contribution is 5.19. The van der Waals surface area contributed by atoms with E-state index in [1.54, 1.807) is 18.2 Å². The Kier molecular flexibility index (Phi) is 4.94. The van der Waals surface area contributed by atoms with Gasteiger partial charge in [0.2, 0.25) is 0 Å². The molecule has 1 aromatic rings. The molecule has 1 N–H and O–H groups in total. The summed E-state index contributed by atoms with van der Waals surface area (Å²) >= 11 is 0. The van der Waals surface area contributed by atoms with E-state index in [-0.39, 0.29) is 5.82 Å². The lowest BCUT2D eigenvalue weighted by atomic mass is 10.0. The van der Waals surface area contributed by atoms with Crippen molar-refractivity contribution < 1.29 is 9.50 Å². The van der Waals surface area contributed by atoms with Crippen molar-refractivity contribution in [3.8, 4) is 0 Å². The van der Waals surface area contributed by atoms with Gasteiger partial charge in [0.1, 0.15) is 5.82 Å². The SMILES string of the molecule is CC(C)C1CCCN1CCC(O)c1ccccc1F. The van der Waals surface area contributed by atoms with E-state index in [4.69, 9.17) is 0 Å². The summed E-state index contributed by atoms with van der Waals surface area (Å²) in [5.41, 5.74) is 0.419. The lowest BCUT2D eigenvalue weighted by Crippen LogP contribution is -2.34. The van der Waals surface area contributed by atoms with Crippen LogP contribution >= 0.6 is 0 Å². The molecule has 0 radical (unpaired) electrons. The maximum atomic E-state index is 13.6. The van der Waals surface area contributed by atoms with Gasteiger partial charge in [-0.15, -0.1) is 0 Å². The van der Waals surface area contributed by atoms with Crippen LogP contribution in [-0.2, 0) is 0 Å². The first-order chi connectivity index (χ1) is 9.09. The summed E-state index contributed by atoms with van der Waals surface area (Å²) in [5.74, 6) is 0.338. The minimum atomic E-state index is -0.699. The van der Waals surface area contributed by atoms with Crippen LogP contribution in [-0.4, -0.2) is 29.1 Å². The molecule has 3 heteroatoms. The molecule has 2 unspecified atom stereocenters. The van der Waals surface area contributed by atoms with Crippen molar-refractivity contribution in [2.24, 2.45) is 5.92 Å². The van der Waals surface area contributed by atoms with E-state index >= 15 is 0 Å². The van der Waals surface area contributed by atoms with E-state index in [1.165, 1.54) is 18.9 Å². The van der Waals surface area contributed by atoms with E-state index in [0.717, 1.165) is 13.1 Å². The molecular formula is C16H24FNO. The standard InChI is InChI=1S/C16H24FNO/c1-12(2)15-8-5-10-18(15)11-9-16(19)13-6-3-4-7-14(13)17/h3-4,6-7,12,15-16,19H,5,8-11H2,1-2H3. The molecule has 2 rings (SSSR count). The summed E-state index contributed by atoms with van der Waals surface area (Å²) < 4.78 is 13.6. The fraction of sp³-hybridized carbons (Fsp3) is 0.625. The number of halogens is 1. The number of hydrogen-bond acceptors (Lipinski definition) is 2. The van der Waals surface area contributed by atoms with Crippen LogP contribution < -0.4 is 0 Å². The molecule has 106 valence electrons. The Morgan fingerprint density at radius 1 is 1.37 bits per heavy atom. The van der Waals surface area contributed by atoms with Crippen molar-refractivity contribution in [1.29, 1.82) is 0 Å². The monoisotopic (exact) mass is 265 g/mol. The zero-order chi connectivity index (χ0) is 13.8. The summed E-state index contributed by atoms with van der Waals surface area (Å²) in [6, 6.07) is 7.12. The van der Waals surface area contributed by atoms with E-state index in [1.807, 2.05) is 0 Å². The summed E-state index contributed by atoms with van der Waals surface area (Å²) in [6.07, 6.45) is 2.38. The second-order valence-electron chi connectivity index (χ2n) is 5.82. The third-order valence-electron chi connectivity index (χ3n) is 4.14. The molecule has 1 aliphatic rings. The molecule has 19 heavy (non-hydrogen) atoms. The molecule has 2 nitrogen and oxygen atoms in total. The van der Waals surface area contributed by atoms with Crippen molar-refractivity contribution in [2.45, 2.75) is 45.3 Å². The largest absolute Gasteiger partial charge is 0.388 e. The van der Waals surface area contributed by atoms with Crippen LogP contribution in [0.4, 0.5) is 4.39 Å². The topological polar surface area (TPSA) is 23.5 Å². The Hall–Kier alpha value is -0.930. The van der Waals surface area contributed by atoms with Gasteiger partial charge in [-0.25, -0.2) is 4.39 Å². The number of rotatable bonds is 5. The van der Waals surface area contributed by atoms with Gasteiger partial charge in [0.25, 0.3) is 0 Å². The molecule has 1 heterocycles. The summed E-state index contributed by atoms with van der Waals surface area (Å²) in [7, 11) is 0. The van der Waals surface area contributed by atoms with Crippen LogP contribution in [0, 0.1) is 11.7 Å². The van der Waals surface area contributed by atoms with Gasteiger partial charge in [0.15, 0.2) is 0 Å². The molecular weight excluding hydrogens is 241 g/mol. The van der Waals surface area contributed by atoms with Gasteiger partial charge in [-0.2, -0.15) is 0 Å². The Bertz CT molecular complexity index is 407. The quantitative estimate of drug-likeness (QED) is 0.882. The van der Waals surface area contributed by atoms with Crippen LogP contribution in [0.2, 0.25) is 0 Å². The molecule has 0 bridgehead atoms. The Labute approximate surface area is 115 Å². The van der Waals surface area contributed by atoms with E-state index < -0.39 is 6.10 Å². The van der Waals surface area contributed by atoms with Crippen molar-refractivity contribution in [2.75, 3.05) is 13.1 Å². The van der Waals surface area contributed by atoms with E-state index in [9.17, 15) is 9.50 Å². The van der Waals surface area contributed by atoms with Gasteiger partial charge in [-0.3, -0.25) is 0 Å². The number of nitrogens with zero attached hydrogens (tertiary/aromatic N) is 1. The molecule has 0 saturated carbocycles. The average Bonchev–Trinajstić information content (AvgIpc) is 2.85. The summed E-state index contributed by atoms with van der Waals surface area (Å²) in [4.78, 5) is 2.44. The number of aliphatic hydroxyl groups is 1. The predicted octanol–water partition coefficient (Wildman–Crippen LogP) is 3.37. The van der Waals surface area contributed by atoms with Crippen LogP contribution in [0.15, 0.2) is 24.3 Å². The predicted molar refractivity (Wildman–Crippen MR) is 75.4 cm³/mol. The molecule has 0 spiro atoms. The van der Waals surface area contributed by atoms with E-state index in [0.29, 0.717) is 23.9 Å². The van der Waals surface area contributed by atoms with Gasteiger partial charge in [-0.1, -0.05) is 32.0 Å². The number of likely N-dealkylation sites (tertiary alicyclic amines) is 1. The average molecular weight is 265 g/mol. The van der Waals surface area contributed by atoms with Gasteiger partial charge in [0, 0.05) is 18.2 Å². The molecule has 0 aromatic heterocycles. The van der Waals surface area contributed by atoms with Gasteiger partial charge in [-0.05, 0) is 37.8 Å². The first-order valence-electron chi connectivity index (χ1n) is 7.26. The highest BCUT2D eigenvalue weighted by Crippen LogP contribution is 2.26. The van der Waals surface area contributed by atoms with Crippen molar-refractivity contribution in [3.63, 3.8) is 0 Å². The molecule has 1 saturated heterocycles. The van der Waals surface area contributed by atoms with Crippen LogP contribution in [0.1, 0.15) is 44.8 Å². The summed E-state index contributed by atoms with van der Waals surface area (Å²) in [5, 5.41) is 10.1. The molecule has 1 fully saturated rings. The Balaban J connectivity index is 1.90. The molecule has 1 aliphatic heterocycles. The first kappa shape index (κ1) is 14.5. The normalized spacial score (nSPS) is 22.1. The Morgan fingerprint density at radius 3 is 2.79 bits per heavy atom. The van der Waals surface area contributed by atoms with Crippen molar-refractivity contribution in [1.82, 2.24) is 4.90 Å². The number of benzene rings is 1. The zero-order valence-electron chi connectivity index (χ0n) is 11.8. The summed E-state index contributed by atoms with van der Waals surface area (Å²) in [6.45, 7) is 6.44.